The van der Waals surface area contributed by atoms with Crippen molar-refractivity contribution in [1.29, 1.82) is 0 Å². The molecule has 0 amide bonds. The summed E-state index contributed by atoms with van der Waals surface area (Å²) < 4.78 is 0. The summed E-state index contributed by atoms with van der Waals surface area (Å²) in [5, 5.41) is 0. The largest absolute Gasteiger partial charge is 0.293 e. The summed E-state index contributed by atoms with van der Waals surface area (Å²) in [5.41, 5.74) is 7.37. The average molecular weight is 231 g/mol. The van der Waals surface area contributed by atoms with Crippen LogP contribution in [-0.4, -0.2) is 12.8 Å². The van der Waals surface area contributed by atoms with Crippen molar-refractivity contribution >= 4 is 6.21 Å². The van der Waals surface area contributed by atoms with Crippen LogP contribution in [0.4, 0.5) is 0 Å². The molecule has 1 rings (SSSR count). The Hall–Kier alpha value is -1.11. The topological polar surface area (TPSA) is 12.4 Å². The molecule has 0 bridgehead atoms. The molecule has 1 aliphatic carbocycles. The Morgan fingerprint density at radius 1 is 1.18 bits per heavy atom. The van der Waals surface area contributed by atoms with Crippen LogP contribution in [0.25, 0.3) is 0 Å². The van der Waals surface area contributed by atoms with E-state index >= 15 is 0 Å². The van der Waals surface area contributed by atoms with E-state index in [9.17, 15) is 0 Å². The maximum Gasteiger partial charge on any atom is 0.0361 e. The first kappa shape index (κ1) is 14.0. The summed E-state index contributed by atoms with van der Waals surface area (Å²) >= 11 is 0. The molecule has 0 saturated heterocycles. The molecule has 0 N–H and O–H groups in total. The van der Waals surface area contributed by atoms with Gasteiger partial charge in [-0.2, -0.15) is 0 Å². The lowest BCUT2D eigenvalue weighted by Crippen LogP contribution is -2.05. The minimum Gasteiger partial charge on any atom is -0.293 e. The summed E-state index contributed by atoms with van der Waals surface area (Å²) in [4.78, 5) is 4.37. The molecule has 0 radical (unpaired) electrons. The summed E-state index contributed by atoms with van der Waals surface area (Å²) in [6.45, 7) is 11.8. The summed E-state index contributed by atoms with van der Waals surface area (Å²) in [5.74, 6) is 0. The van der Waals surface area contributed by atoms with Crippen LogP contribution in [0.5, 0.6) is 0 Å². The quantitative estimate of drug-likeness (QED) is 0.613. The fourth-order valence-corrected chi connectivity index (χ4v) is 2.46. The van der Waals surface area contributed by atoms with Crippen molar-refractivity contribution in [3.63, 3.8) is 0 Å². The van der Waals surface area contributed by atoms with Crippen LogP contribution in [0.1, 0.15) is 53.9 Å². The van der Waals surface area contributed by atoms with E-state index in [0.717, 1.165) is 6.54 Å². The van der Waals surface area contributed by atoms with E-state index in [1.54, 1.807) is 5.57 Å². The van der Waals surface area contributed by atoms with Crippen molar-refractivity contribution in [1.82, 2.24) is 0 Å². The number of hydrogen-bond acceptors (Lipinski definition) is 1. The lowest BCUT2D eigenvalue weighted by atomic mass is 9.83. The maximum absolute atomic E-state index is 4.37. The van der Waals surface area contributed by atoms with Crippen LogP contribution in [0, 0.1) is 0 Å². The smallest absolute Gasteiger partial charge is 0.0361 e. The zero-order valence-electron chi connectivity index (χ0n) is 11.9. The molecular weight excluding hydrogens is 206 g/mol. The van der Waals surface area contributed by atoms with Gasteiger partial charge in [0.25, 0.3) is 0 Å². The van der Waals surface area contributed by atoms with Crippen molar-refractivity contribution in [2.24, 2.45) is 4.99 Å². The molecular formula is C16H25N. The highest BCUT2D eigenvalue weighted by Crippen LogP contribution is 2.34. The second-order valence-corrected chi connectivity index (χ2v) is 4.56. The summed E-state index contributed by atoms with van der Waals surface area (Å²) in [7, 11) is 0. The molecule has 0 unspecified atom stereocenters. The van der Waals surface area contributed by atoms with E-state index in [1.165, 1.54) is 41.6 Å². The molecule has 0 heterocycles. The van der Waals surface area contributed by atoms with Crippen molar-refractivity contribution < 1.29 is 0 Å². The first-order chi connectivity index (χ1) is 8.15. The first-order valence-electron chi connectivity index (χ1n) is 6.70. The van der Waals surface area contributed by atoms with Gasteiger partial charge in [0.2, 0.25) is 0 Å². The first-order valence-corrected chi connectivity index (χ1v) is 6.70. The lowest BCUT2D eigenvalue weighted by molar-refractivity contribution is 0.832. The fourth-order valence-electron chi connectivity index (χ4n) is 2.46. The highest BCUT2D eigenvalue weighted by Gasteiger charge is 2.16. The van der Waals surface area contributed by atoms with Gasteiger partial charge in [0.15, 0.2) is 0 Å². The molecule has 0 fully saturated rings. The molecule has 1 heteroatoms. The van der Waals surface area contributed by atoms with Crippen LogP contribution in [0.3, 0.4) is 0 Å². The molecule has 17 heavy (non-hydrogen) atoms. The number of hydrogen-bond donors (Lipinski definition) is 0. The molecule has 94 valence electrons. The van der Waals surface area contributed by atoms with Crippen LogP contribution in [-0.2, 0) is 0 Å². The molecule has 0 atom stereocenters. The van der Waals surface area contributed by atoms with E-state index in [4.69, 9.17) is 0 Å². The molecule has 0 spiro atoms. The standard InChI is InChI=1S/C16H25N/c1-6-14-9-10-16(13(5)12(14)4)15(7-2)11-17-8-3/h7,11H,6,8-10H2,1-5H3/b15-7+,17-11-. The molecule has 1 aliphatic rings. The third kappa shape index (κ3) is 3.18. The molecule has 0 aromatic rings. The van der Waals surface area contributed by atoms with Gasteiger partial charge < -0.3 is 0 Å². The van der Waals surface area contributed by atoms with Gasteiger partial charge in [-0.1, -0.05) is 18.6 Å². The maximum atomic E-state index is 4.37. The minimum absolute atomic E-state index is 0.860. The second kappa shape index (κ2) is 6.58. The Balaban J connectivity index is 3.10. The highest BCUT2D eigenvalue weighted by molar-refractivity contribution is 5.85. The van der Waals surface area contributed by atoms with E-state index in [1.807, 2.05) is 6.21 Å². The van der Waals surface area contributed by atoms with Crippen molar-refractivity contribution in [3.8, 4) is 0 Å². The Labute approximate surface area is 106 Å². The van der Waals surface area contributed by atoms with Crippen LogP contribution in [0.2, 0.25) is 0 Å². The predicted molar refractivity (Wildman–Crippen MR) is 77.7 cm³/mol. The average Bonchev–Trinajstić information content (AvgIpc) is 2.35. The predicted octanol–water partition coefficient (Wildman–Crippen LogP) is 4.86. The van der Waals surface area contributed by atoms with Gasteiger partial charge in [0.05, 0.1) is 0 Å². The van der Waals surface area contributed by atoms with Gasteiger partial charge in [-0.25, -0.2) is 0 Å². The van der Waals surface area contributed by atoms with Gasteiger partial charge in [-0.05, 0) is 69.2 Å². The normalized spacial score (nSPS) is 18.5. The zero-order chi connectivity index (χ0) is 12.8. The van der Waals surface area contributed by atoms with E-state index in [-0.39, 0.29) is 0 Å². The summed E-state index contributed by atoms with van der Waals surface area (Å²) in [6, 6.07) is 0. The zero-order valence-corrected chi connectivity index (χ0v) is 11.9. The third-order valence-corrected chi connectivity index (χ3v) is 3.72. The van der Waals surface area contributed by atoms with Gasteiger partial charge in [0, 0.05) is 12.8 Å². The molecule has 0 aromatic carbocycles. The number of allylic oxidation sites excluding steroid dienone is 6. The van der Waals surface area contributed by atoms with Crippen LogP contribution < -0.4 is 0 Å². The second-order valence-electron chi connectivity index (χ2n) is 4.56. The molecule has 1 nitrogen and oxygen atoms in total. The van der Waals surface area contributed by atoms with Crippen molar-refractivity contribution in [2.45, 2.75) is 53.9 Å². The van der Waals surface area contributed by atoms with E-state index < -0.39 is 0 Å². The minimum atomic E-state index is 0.860. The lowest BCUT2D eigenvalue weighted by Gasteiger charge is -2.23. The Morgan fingerprint density at radius 3 is 2.41 bits per heavy atom. The van der Waals surface area contributed by atoms with Crippen molar-refractivity contribution in [2.75, 3.05) is 6.54 Å². The van der Waals surface area contributed by atoms with Gasteiger partial charge >= 0.3 is 0 Å². The van der Waals surface area contributed by atoms with Crippen molar-refractivity contribution in [3.05, 3.63) is 33.9 Å². The Bertz CT molecular complexity index is 392. The van der Waals surface area contributed by atoms with Gasteiger partial charge in [0.1, 0.15) is 0 Å². The van der Waals surface area contributed by atoms with E-state index in [0.29, 0.717) is 0 Å². The number of nitrogens with zero attached hydrogens (tertiary/aromatic N) is 1. The monoisotopic (exact) mass is 231 g/mol. The van der Waals surface area contributed by atoms with Crippen LogP contribution >= 0.6 is 0 Å². The van der Waals surface area contributed by atoms with Gasteiger partial charge in [-0.15, -0.1) is 0 Å². The third-order valence-electron chi connectivity index (χ3n) is 3.72. The highest BCUT2D eigenvalue weighted by atomic mass is 14.7. The Morgan fingerprint density at radius 2 is 1.88 bits per heavy atom. The van der Waals surface area contributed by atoms with E-state index in [2.05, 4.69) is 45.7 Å². The Kier molecular flexibility index (Phi) is 5.40. The summed E-state index contributed by atoms with van der Waals surface area (Å²) in [6.07, 6.45) is 7.78. The van der Waals surface area contributed by atoms with Gasteiger partial charge in [-0.3, -0.25) is 4.99 Å². The molecule has 0 saturated carbocycles. The van der Waals surface area contributed by atoms with Crippen LogP contribution in [0.15, 0.2) is 38.9 Å². The number of aliphatic imine (C=N–C) groups is 1. The molecule has 0 aliphatic heterocycles. The SMILES string of the molecule is C/C=C(\C=N/CC)C1=C(C)C(C)=C(CC)CC1. The fraction of sp³-hybridized carbons (Fsp3) is 0.562. The number of rotatable bonds is 4. The molecule has 0 aromatic heterocycles.